The summed E-state index contributed by atoms with van der Waals surface area (Å²) in [5.41, 5.74) is 2.05. The molecule has 1 aliphatic rings. The van der Waals surface area contributed by atoms with Gasteiger partial charge >= 0.3 is 0 Å². The number of nitrogens with zero attached hydrogens (tertiary/aromatic N) is 3. The van der Waals surface area contributed by atoms with Crippen LogP contribution in [-0.4, -0.2) is 33.9 Å². The van der Waals surface area contributed by atoms with Gasteiger partial charge in [-0.2, -0.15) is 5.10 Å². The van der Waals surface area contributed by atoms with Gasteiger partial charge in [0.2, 0.25) is 5.95 Å². The first-order valence-electron chi connectivity index (χ1n) is 7.33. The molecular weight excluding hydrogens is 240 g/mol. The minimum Gasteiger partial charge on any atom is -0.378 e. The second-order valence-corrected chi connectivity index (χ2v) is 5.15. The predicted octanol–water partition coefficient (Wildman–Crippen LogP) is 2.37. The van der Waals surface area contributed by atoms with Crippen molar-refractivity contribution < 1.29 is 4.74 Å². The molecule has 1 fully saturated rings. The van der Waals surface area contributed by atoms with Gasteiger partial charge in [0, 0.05) is 12.6 Å². The molecule has 0 spiro atoms. The van der Waals surface area contributed by atoms with E-state index in [0.29, 0.717) is 18.1 Å². The van der Waals surface area contributed by atoms with Crippen LogP contribution in [0, 0.1) is 0 Å². The summed E-state index contributed by atoms with van der Waals surface area (Å²) in [6.07, 6.45) is 5.51. The maximum atomic E-state index is 5.65. The van der Waals surface area contributed by atoms with Crippen LogP contribution in [-0.2, 0) is 17.6 Å². The van der Waals surface area contributed by atoms with E-state index in [4.69, 9.17) is 4.74 Å². The Morgan fingerprint density at radius 3 is 2.68 bits per heavy atom. The third kappa shape index (κ3) is 3.86. The molecule has 5 heteroatoms. The van der Waals surface area contributed by atoms with Crippen molar-refractivity contribution in [1.82, 2.24) is 15.2 Å². The monoisotopic (exact) mass is 264 g/mol. The van der Waals surface area contributed by atoms with Crippen molar-refractivity contribution in [3.05, 3.63) is 11.4 Å². The molecule has 1 aliphatic heterocycles. The maximum Gasteiger partial charge on any atom is 0.243 e. The largest absolute Gasteiger partial charge is 0.378 e. The fourth-order valence-corrected chi connectivity index (χ4v) is 2.50. The summed E-state index contributed by atoms with van der Waals surface area (Å²) in [6.45, 7) is 7.23. The summed E-state index contributed by atoms with van der Waals surface area (Å²) in [6, 6.07) is 0.307. The molecule has 1 N–H and O–H groups in total. The third-order valence-electron chi connectivity index (χ3n) is 3.53. The Balaban J connectivity index is 1.94. The molecule has 106 valence electrons. The fraction of sp³-hybridized carbons (Fsp3) is 0.786. The predicted molar refractivity (Wildman–Crippen MR) is 75.3 cm³/mol. The molecule has 2 heterocycles. The molecule has 2 atom stereocenters. The lowest BCUT2D eigenvalue weighted by Gasteiger charge is -2.17. The molecule has 1 aromatic heterocycles. The Hall–Kier alpha value is -1.23. The second kappa shape index (κ2) is 6.80. The molecule has 1 aromatic rings. The van der Waals surface area contributed by atoms with Crippen LogP contribution in [0.2, 0.25) is 0 Å². The first-order valence-corrected chi connectivity index (χ1v) is 7.33. The lowest BCUT2D eigenvalue weighted by atomic mass is 10.1. The van der Waals surface area contributed by atoms with Gasteiger partial charge < -0.3 is 10.1 Å². The van der Waals surface area contributed by atoms with Crippen molar-refractivity contribution >= 4 is 5.95 Å². The Kier molecular flexibility index (Phi) is 5.07. The van der Waals surface area contributed by atoms with E-state index in [2.05, 4.69) is 41.3 Å². The Labute approximate surface area is 115 Å². The van der Waals surface area contributed by atoms with Crippen molar-refractivity contribution in [1.29, 1.82) is 0 Å². The summed E-state index contributed by atoms with van der Waals surface area (Å²) in [5, 5.41) is 11.7. The van der Waals surface area contributed by atoms with Crippen LogP contribution in [0.25, 0.3) is 0 Å². The van der Waals surface area contributed by atoms with Gasteiger partial charge in [-0.05, 0) is 39.0 Å². The van der Waals surface area contributed by atoms with Gasteiger partial charge in [0.1, 0.15) is 0 Å². The molecule has 0 aromatic carbocycles. The normalized spacial score (nSPS) is 20.5. The highest BCUT2D eigenvalue weighted by Crippen LogP contribution is 2.18. The van der Waals surface area contributed by atoms with Gasteiger partial charge in [0.05, 0.1) is 17.5 Å². The van der Waals surface area contributed by atoms with Crippen LogP contribution in [0.5, 0.6) is 0 Å². The molecule has 1 saturated heterocycles. The van der Waals surface area contributed by atoms with E-state index in [1.54, 1.807) is 0 Å². The number of ether oxygens (including phenoxy) is 1. The van der Waals surface area contributed by atoms with Crippen molar-refractivity contribution in [2.45, 2.75) is 65.0 Å². The van der Waals surface area contributed by atoms with Crippen molar-refractivity contribution in [3.63, 3.8) is 0 Å². The minimum absolute atomic E-state index is 0.307. The van der Waals surface area contributed by atoms with Gasteiger partial charge in [-0.15, -0.1) is 5.10 Å². The molecule has 2 rings (SSSR count). The number of nitrogens with one attached hydrogen (secondary N) is 1. The van der Waals surface area contributed by atoms with Gasteiger partial charge in [-0.25, -0.2) is 4.98 Å². The van der Waals surface area contributed by atoms with Gasteiger partial charge in [-0.3, -0.25) is 0 Å². The van der Waals surface area contributed by atoms with Crippen LogP contribution in [0.3, 0.4) is 0 Å². The topological polar surface area (TPSA) is 59.9 Å². The molecule has 19 heavy (non-hydrogen) atoms. The zero-order valence-corrected chi connectivity index (χ0v) is 12.1. The average Bonchev–Trinajstić information content (AvgIpc) is 2.91. The van der Waals surface area contributed by atoms with Gasteiger partial charge in [-0.1, -0.05) is 13.8 Å². The number of anilines is 1. The van der Waals surface area contributed by atoms with E-state index in [0.717, 1.165) is 37.3 Å². The van der Waals surface area contributed by atoms with Crippen LogP contribution >= 0.6 is 0 Å². The Bertz CT molecular complexity index is 404. The third-order valence-corrected chi connectivity index (χ3v) is 3.53. The quantitative estimate of drug-likeness (QED) is 0.854. The van der Waals surface area contributed by atoms with E-state index >= 15 is 0 Å². The fourth-order valence-electron chi connectivity index (χ4n) is 2.50. The zero-order valence-electron chi connectivity index (χ0n) is 12.1. The highest BCUT2D eigenvalue weighted by atomic mass is 16.5. The summed E-state index contributed by atoms with van der Waals surface area (Å²) >= 11 is 0. The molecule has 5 nitrogen and oxygen atoms in total. The molecule has 0 bridgehead atoms. The van der Waals surface area contributed by atoms with Gasteiger partial charge in [0.15, 0.2) is 0 Å². The van der Waals surface area contributed by atoms with E-state index < -0.39 is 0 Å². The Morgan fingerprint density at radius 1 is 1.26 bits per heavy atom. The van der Waals surface area contributed by atoms with Crippen LogP contribution < -0.4 is 5.32 Å². The Morgan fingerprint density at radius 2 is 2.05 bits per heavy atom. The first kappa shape index (κ1) is 14.2. The lowest BCUT2D eigenvalue weighted by Crippen LogP contribution is -2.24. The van der Waals surface area contributed by atoms with Crippen molar-refractivity contribution in [3.8, 4) is 0 Å². The molecule has 0 aliphatic carbocycles. The number of hydrogen-bond donors (Lipinski definition) is 1. The number of aryl methyl sites for hydroxylation is 2. The first-order chi connectivity index (χ1) is 9.22. The highest BCUT2D eigenvalue weighted by Gasteiger charge is 2.19. The SMILES string of the molecule is CCc1nnc(NC(C)CC2CCCO2)nc1CC. The molecule has 0 amide bonds. The van der Waals surface area contributed by atoms with Crippen LogP contribution in [0.1, 0.15) is 51.4 Å². The summed E-state index contributed by atoms with van der Waals surface area (Å²) in [7, 11) is 0. The minimum atomic E-state index is 0.307. The maximum absolute atomic E-state index is 5.65. The lowest BCUT2D eigenvalue weighted by molar-refractivity contribution is 0.101. The number of rotatable bonds is 6. The standard InChI is InChI=1S/C14H24N4O/c1-4-12-13(5-2)17-18-14(16-12)15-10(3)9-11-7-6-8-19-11/h10-11H,4-9H2,1-3H3,(H,15,16,18). The average molecular weight is 264 g/mol. The van der Waals surface area contributed by atoms with Crippen LogP contribution in [0.15, 0.2) is 0 Å². The molecule has 0 saturated carbocycles. The summed E-state index contributed by atoms with van der Waals surface area (Å²) in [4.78, 5) is 4.55. The highest BCUT2D eigenvalue weighted by molar-refractivity contribution is 5.27. The molecular formula is C14H24N4O. The zero-order chi connectivity index (χ0) is 13.7. The van der Waals surface area contributed by atoms with Crippen molar-refractivity contribution in [2.75, 3.05) is 11.9 Å². The number of aromatic nitrogens is 3. The molecule has 0 radical (unpaired) electrons. The number of hydrogen-bond acceptors (Lipinski definition) is 5. The smallest absolute Gasteiger partial charge is 0.243 e. The summed E-state index contributed by atoms with van der Waals surface area (Å²) < 4.78 is 5.65. The van der Waals surface area contributed by atoms with E-state index in [1.165, 1.54) is 12.8 Å². The van der Waals surface area contributed by atoms with E-state index in [9.17, 15) is 0 Å². The second-order valence-electron chi connectivity index (χ2n) is 5.15. The van der Waals surface area contributed by atoms with Crippen LogP contribution in [0.4, 0.5) is 5.95 Å². The van der Waals surface area contributed by atoms with Crippen molar-refractivity contribution in [2.24, 2.45) is 0 Å². The van der Waals surface area contributed by atoms with Gasteiger partial charge in [0.25, 0.3) is 0 Å². The van der Waals surface area contributed by atoms with E-state index in [1.807, 2.05) is 0 Å². The summed E-state index contributed by atoms with van der Waals surface area (Å²) in [5.74, 6) is 0.638. The molecule has 2 unspecified atom stereocenters. The van der Waals surface area contributed by atoms with E-state index in [-0.39, 0.29) is 0 Å².